The Labute approximate surface area is 106 Å². The van der Waals surface area contributed by atoms with Crippen LogP contribution in [0.3, 0.4) is 0 Å². The van der Waals surface area contributed by atoms with Gasteiger partial charge in [-0.2, -0.15) is 0 Å². The van der Waals surface area contributed by atoms with E-state index >= 15 is 0 Å². The lowest BCUT2D eigenvalue weighted by atomic mass is 9.97. The largest absolute Gasteiger partial charge is 0.264 e. The van der Waals surface area contributed by atoms with E-state index in [1.54, 1.807) is 12.4 Å². The van der Waals surface area contributed by atoms with Gasteiger partial charge in [-0.25, -0.2) is 0 Å². The van der Waals surface area contributed by atoms with Crippen molar-refractivity contribution in [1.29, 1.82) is 0 Å². The fraction of sp³-hybridized carbons (Fsp3) is 0. The molecule has 0 radical (unpaired) electrons. The van der Waals surface area contributed by atoms with Gasteiger partial charge < -0.3 is 0 Å². The van der Waals surface area contributed by atoms with E-state index in [4.69, 9.17) is 0 Å². The predicted molar refractivity (Wildman–Crippen MR) is 72.9 cm³/mol. The number of rotatable bonds is 2. The quantitative estimate of drug-likeness (QED) is 0.671. The van der Waals surface area contributed by atoms with Gasteiger partial charge in [0.15, 0.2) is 0 Å². The Morgan fingerprint density at radius 1 is 0.556 bits per heavy atom. The van der Waals surface area contributed by atoms with E-state index in [2.05, 4.69) is 34.2 Å². The highest BCUT2D eigenvalue weighted by Gasteiger charge is 2.06. The molecule has 0 fully saturated rings. The highest BCUT2D eigenvalue weighted by Crippen LogP contribution is 2.30. The third kappa shape index (κ3) is 2.00. The van der Waals surface area contributed by atoms with Crippen molar-refractivity contribution in [3.63, 3.8) is 0 Å². The molecule has 0 bridgehead atoms. The number of hydrogen-bond acceptors (Lipinski definition) is 2. The number of nitrogens with zero attached hydrogens (tertiary/aromatic N) is 2. The zero-order valence-electron chi connectivity index (χ0n) is 9.82. The summed E-state index contributed by atoms with van der Waals surface area (Å²) in [6.07, 6.45) is 7.34. The molecule has 0 aliphatic heterocycles. The van der Waals surface area contributed by atoms with Crippen molar-refractivity contribution in [2.45, 2.75) is 0 Å². The second-order valence-corrected chi connectivity index (χ2v) is 4.03. The molecule has 0 spiro atoms. The fourth-order valence-electron chi connectivity index (χ4n) is 2.03. The lowest BCUT2D eigenvalue weighted by Gasteiger charge is -2.08. The minimum absolute atomic E-state index is 1.12. The first-order valence-electron chi connectivity index (χ1n) is 5.85. The molecule has 0 atom stereocenters. The smallest absolute Gasteiger partial charge is 0.0346 e. The minimum Gasteiger partial charge on any atom is -0.264 e. The summed E-state index contributed by atoms with van der Waals surface area (Å²) in [5.74, 6) is 0. The van der Waals surface area contributed by atoms with Crippen LogP contribution in [0.5, 0.6) is 0 Å². The molecule has 86 valence electrons. The SMILES string of the molecule is c1cncc(-c2ccccc2-c2cccnc2)c1. The van der Waals surface area contributed by atoms with Gasteiger partial charge in [0.25, 0.3) is 0 Å². The van der Waals surface area contributed by atoms with Gasteiger partial charge in [-0.15, -0.1) is 0 Å². The summed E-state index contributed by atoms with van der Waals surface area (Å²) in [6, 6.07) is 16.4. The van der Waals surface area contributed by atoms with E-state index in [-0.39, 0.29) is 0 Å². The Bertz CT molecular complexity index is 575. The maximum absolute atomic E-state index is 4.18. The lowest BCUT2D eigenvalue weighted by Crippen LogP contribution is -1.86. The van der Waals surface area contributed by atoms with Crippen LogP contribution in [-0.4, -0.2) is 9.97 Å². The number of benzene rings is 1. The van der Waals surface area contributed by atoms with Gasteiger partial charge in [0.05, 0.1) is 0 Å². The van der Waals surface area contributed by atoms with Crippen molar-refractivity contribution >= 4 is 0 Å². The van der Waals surface area contributed by atoms with E-state index in [0.29, 0.717) is 0 Å². The summed E-state index contributed by atoms with van der Waals surface area (Å²) in [6.45, 7) is 0. The maximum atomic E-state index is 4.18. The van der Waals surface area contributed by atoms with E-state index in [1.807, 2.05) is 36.7 Å². The molecule has 0 aliphatic rings. The van der Waals surface area contributed by atoms with Crippen molar-refractivity contribution in [3.8, 4) is 22.3 Å². The second kappa shape index (κ2) is 4.80. The molecule has 3 aromatic rings. The third-order valence-corrected chi connectivity index (χ3v) is 2.87. The second-order valence-electron chi connectivity index (χ2n) is 4.03. The Hall–Kier alpha value is -2.48. The van der Waals surface area contributed by atoms with Gasteiger partial charge in [-0.1, -0.05) is 36.4 Å². The van der Waals surface area contributed by atoms with Crippen molar-refractivity contribution in [1.82, 2.24) is 9.97 Å². The van der Waals surface area contributed by atoms with Crippen LogP contribution >= 0.6 is 0 Å². The standard InChI is InChI=1S/C16H12N2/c1-2-8-16(14-6-4-10-18-12-14)15(7-1)13-5-3-9-17-11-13/h1-12H. The summed E-state index contributed by atoms with van der Waals surface area (Å²) < 4.78 is 0. The van der Waals surface area contributed by atoms with Crippen LogP contribution in [0.2, 0.25) is 0 Å². The van der Waals surface area contributed by atoms with E-state index < -0.39 is 0 Å². The topological polar surface area (TPSA) is 25.8 Å². The van der Waals surface area contributed by atoms with Gasteiger partial charge in [-0.05, 0) is 23.3 Å². The molecule has 3 rings (SSSR count). The zero-order chi connectivity index (χ0) is 12.2. The van der Waals surface area contributed by atoms with Crippen LogP contribution in [0.4, 0.5) is 0 Å². The Balaban J connectivity index is 2.18. The summed E-state index contributed by atoms with van der Waals surface area (Å²) in [5, 5.41) is 0. The Kier molecular flexibility index (Phi) is 2.84. The summed E-state index contributed by atoms with van der Waals surface area (Å²) in [7, 11) is 0. The maximum Gasteiger partial charge on any atom is 0.0346 e. The summed E-state index contributed by atoms with van der Waals surface area (Å²) in [4.78, 5) is 8.36. The number of pyridine rings is 2. The van der Waals surface area contributed by atoms with Gasteiger partial charge in [0.2, 0.25) is 0 Å². The van der Waals surface area contributed by atoms with Crippen molar-refractivity contribution in [2.75, 3.05) is 0 Å². The van der Waals surface area contributed by atoms with Crippen LogP contribution in [0.25, 0.3) is 22.3 Å². The van der Waals surface area contributed by atoms with E-state index in [1.165, 1.54) is 11.1 Å². The van der Waals surface area contributed by atoms with Gasteiger partial charge in [0.1, 0.15) is 0 Å². The average molecular weight is 232 g/mol. The van der Waals surface area contributed by atoms with Crippen LogP contribution in [0.1, 0.15) is 0 Å². The molecule has 0 unspecified atom stereocenters. The van der Waals surface area contributed by atoms with Gasteiger partial charge >= 0.3 is 0 Å². The first kappa shape index (κ1) is 10.7. The highest BCUT2D eigenvalue weighted by molar-refractivity contribution is 5.82. The normalized spacial score (nSPS) is 10.2. The monoisotopic (exact) mass is 232 g/mol. The molecule has 1 aromatic carbocycles. The number of aromatic nitrogens is 2. The predicted octanol–water partition coefficient (Wildman–Crippen LogP) is 3.81. The van der Waals surface area contributed by atoms with Crippen molar-refractivity contribution in [3.05, 3.63) is 73.3 Å². The fourth-order valence-corrected chi connectivity index (χ4v) is 2.03. The van der Waals surface area contributed by atoms with Crippen LogP contribution in [0, 0.1) is 0 Å². The summed E-state index contributed by atoms with van der Waals surface area (Å²) in [5.41, 5.74) is 4.60. The molecule has 2 aromatic heterocycles. The third-order valence-electron chi connectivity index (χ3n) is 2.87. The van der Waals surface area contributed by atoms with Crippen LogP contribution in [0.15, 0.2) is 73.3 Å². The molecule has 2 heteroatoms. The number of hydrogen-bond donors (Lipinski definition) is 0. The molecule has 18 heavy (non-hydrogen) atoms. The molecular formula is C16H12N2. The molecule has 0 N–H and O–H groups in total. The van der Waals surface area contributed by atoms with Gasteiger partial charge in [-0.3, -0.25) is 9.97 Å². The Morgan fingerprint density at radius 2 is 1.06 bits per heavy atom. The summed E-state index contributed by atoms with van der Waals surface area (Å²) >= 11 is 0. The average Bonchev–Trinajstić information content (AvgIpc) is 2.49. The first-order chi connectivity index (χ1) is 8.95. The molecule has 2 nitrogen and oxygen atoms in total. The van der Waals surface area contributed by atoms with Crippen LogP contribution < -0.4 is 0 Å². The van der Waals surface area contributed by atoms with Gasteiger partial charge in [0, 0.05) is 35.9 Å². The van der Waals surface area contributed by atoms with Crippen molar-refractivity contribution in [2.24, 2.45) is 0 Å². The molecule has 0 saturated heterocycles. The molecule has 0 saturated carbocycles. The zero-order valence-corrected chi connectivity index (χ0v) is 9.82. The highest BCUT2D eigenvalue weighted by atomic mass is 14.6. The van der Waals surface area contributed by atoms with Crippen molar-refractivity contribution < 1.29 is 0 Å². The van der Waals surface area contributed by atoms with Crippen LogP contribution in [-0.2, 0) is 0 Å². The first-order valence-corrected chi connectivity index (χ1v) is 5.85. The van der Waals surface area contributed by atoms with E-state index in [9.17, 15) is 0 Å². The lowest BCUT2D eigenvalue weighted by molar-refractivity contribution is 1.32. The molecule has 2 heterocycles. The Morgan fingerprint density at radius 3 is 1.44 bits per heavy atom. The van der Waals surface area contributed by atoms with E-state index in [0.717, 1.165) is 11.1 Å². The minimum atomic E-state index is 1.12. The molecular weight excluding hydrogens is 220 g/mol. The molecule has 0 aliphatic carbocycles. The molecule has 0 amide bonds.